The fraction of sp³-hybridized carbons (Fsp3) is 0.312. The van der Waals surface area contributed by atoms with Gasteiger partial charge < -0.3 is 10.6 Å². The number of amides is 1. The normalized spacial score (nSPS) is 16.2. The van der Waals surface area contributed by atoms with Gasteiger partial charge in [-0.3, -0.25) is 4.79 Å². The number of piperazine rings is 1. The molecular weight excluding hydrogens is 365 g/mol. The Kier molecular flexibility index (Phi) is 4.81. The summed E-state index contributed by atoms with van der Waals surface area (Å²) in [5, 5.41) is 0. The van der Waals surface area contributed by atoms with Gasteiger partial charge in [0, 0.05) is 36.7 Å². The molecule has 1 aromatic heterocycles. The van der Waals surface area contributed by atoms with Crippen LogP contribution in [-0.2, 0) is 10.0 Å². The van der Waals surface area contributed by atoms with E-state index in [1.165, 1.54) is 22.5 Å². The lowest BCUT2D eigenvalue weighted by Crippen LogP contribution is -2.48. The van der Waals surface area contributed by atoms with E-state index in [2.05, 4.69) is 0 Å². The van der Waals surface area contributed by atoms with Crippen LogP contribution in [0.4, 0.5) is 10.1 Å². The smallest absolute Gasteiger partial charge is 0.258 e. The minimum absolute atomic E-state index is 0.140. The van der Waals surface area contributed by atoms with Crippen LogP contribution in [0.5, 0.6) is 0 Å². The molecule has 2 N–H and O–H groups in total. The number of carbonyl (C=O) groups is 1. The molecule has 6 nitrogen and oxygen atoms in total. The maximum absolute atomic E-state index is 13.0. The first-order chi connectivity index (χ1) is 11.8. The summed E-state index contributed by atoms with van der Waals surface area (Å²) in [6.45, 7) is 3.33. The van der Waals surface area contributed by atoms with E-state index in [4.69, 9.17) is 5.73 Å². The Morgan fingerprint density at radius 1 is 1.16 bits per heavy atom. The Bertz CT molecular complexity index is 886. The standard InChI is InChI=1S/C16H18FN3O3S2/c1-11-15(10-14(24-11)16(18)21)25(22,23)20-8-6-19(7-9-20)13-4-2-12(17)3-5-13/h2-5,10H,6-9H2,1H3,(H2,18,21). The summed E-state index contributed by atoms with van der Waals surface area (Å²) in [6, 6.07) is 7.49. The second kappa shape index (κ2) is 6.74. The monoisotopic (exact) mass is 383 g/mol. The molecule has 2 aromatic rings. The van der Waals surface area contributed by atoms with Gasteiger partial charge in [-0.1, -0.05) is 0 Å². The lowest BCUT2D eigenvalue weighted by molar-refractivity contribution is 0.100. The van der Waals surface area contributed by atoms with Gasteiger partial charge in [-0.25, -0.2) is 12.8 Å². The number of aryl methyl sites for hydroxylation is 1. The van der Waals surface area contributed by atoms with Crippen LogP contribution in [0.1, 0.15) is 14.5 Å². The number of anilines is 1. The zero-order valence-electron chi connectivity index (χ0n) is 13.6. The molecule has 9 heteroatoms. The Labute approximate surface area is 149 Å². The van der Waals surface area contributed by atoms with E-state index in [0.29, 0.717) is 31.1 Å². The van der Waals surface area contributed by atoms with Gasteiger partial charge in [0.25, 0.3) is 5.91 Å². The molecule has 1 aliphatic heterocycles. The van der Waals surface area contributed by atoms with Crippen LogP contribution in [-0.4, -0.2) is 44.8 Å². The molecule has 1 aliphatic rings. The minimum Gasteiger partial charge on any atom is -0.369 e. The SMILES string of the molecule is Cc1sc(C(N)=O)cc1S(=O)(=O)N1CCN(c2ccc(F)cc2)CC1. The van der Waals surface area contributed by atoms with Crippen LogP contribution in [0.15, 0.2) is 35.2 Å². The van der Waals surface area contributed by atoms with Gasteiger partial charge in [0.05, 0.1) is 9.77 Å². The number of halogens is 1. The van der Waals surface area contributed by atoms with Gasteiger partial charge in [0.1, 0.15) is 5.82 Å². The second-order valence-electron chi connectivity index (χ2n) is 5.76. The fourth-order valence-electron chi connectivity index (χ4n) is 2.82. The number of nitrogens with zero attached hydrogens (tertiary/aromatic N) is 2. The number of thiophene rings is 1. The van der Waals surface area contributed by atoms with Crippen molar-refractivity contribution in [1.29, 1.82) is 0 Å². The molecule has 0 bridgehead atoms. The molecule has 0 unspecified atom stereocenters. The molecule has 1 saturated heterocycles. The fourth-order valence-corrected chi connectivity index (χ4v) is 5.66. The molecule has 0 radical (unpaired) electrons. The average molecular weight is 383 g/mol. The summed E-state index contributed by atoms with van der Waals surface area (Å²) in [5.74, 6) is -0.932. The van der Waals surface area contributed by atoms with Crippen molar-refractivity contribution in [2.24, 2.45) is 5.73 Å². The molecule has 0 atom stereocenters. The summed E-state index contributed by atoms with van der Waals surface area (Å²) in [5.41, 5.74) is 6.10. The van der Waals surface area contributed by atoms with Crippen LogP contribution in [0, 0.1) is 12.7 Å². The third-order valence-corrected chi connectivity index (χ3v) is 7.38. The van der Waals surface area contributed by atoms with Crippen molar-refractivity contribution in [2.75, 3.05) is 31.1 Å². The summed E-state index contributed by atoms with van der Waals surface area (Å²) < 4.78 is 40.1. The molecule has 1 fully saturated rings. The summed E-state index contributed by atoms with van der Waals surface area (Å²) in [7, 11) is -3.67. The maximum atomic E-state index is 13.0. The number of rotatable bonds is 4. The number of hydrogen-bond acceptors (Lipinski definition) is 5. The van der Waals surface area contributed by atoms with Crippen LogP contribution >= 0.6 is 11.3 Å². The van der Waals surface area contributed by atoms with Crippen molar-refractivity contribution < 1.29 is 17.6 Å². The van der Waals surface area contributed by atoms with E-state index in [1.807, 2.05) is 4.90 Å². The summed E-state index contributed by atoms with van der Waals surface area (Å²) in [4.78, 5) is 14.2. The number of nitrogens with two attached hydrogens (primary N) is 1. The van der Waals surface area contributed by atoms with Crippen molar-refractivity contribution in [3.05, 3.63) is 45.9 Å². The van der Waals surface area contributed by atoms with Gasteiger partial charge in [0.15, 0.2) is 0 Å². The average Bonchev–Trinajstić information content (AvgIpc) is 2.99. The molecule has 25 heavy (non-hydrogen) atoms. The molecule has 134 valence electrons. The van der Waals surface area contributed by atoms with Crippen LogP contribution in [0.2, 0.25) is 0 Å². The molecule has 3 rings (SSSR count). The van der Waals surface area contributed by atoms with Gasteiger partial charge in [-0.05, 0) is 37.3 Å². The Morgan fingerprint density at radius 2 is 1.76 bits per heavy atom. The Hall–Kier alpha value is -1.97. The zero-order valence-corrected chi connectivity index (χ0v) is 15.2. The lowest BCUT2D eigenvalue weighted by atomic mass is 10.2. The van der Waals surface area contributed by atoms with E-state index in [-0.39, 0.29) is 15.6 Å². The number of primary amides is 1. The van der Waals surface area contributed by atoms with Crippen molar-refractivity contribution in [3.63, 3.8) is 0 Å². The minimum atomic E-state index is -3.67. The Morgan fingerprint density at radius 3 is 2.28 bits per heavy atom. The van der Waals surface area contributed by atoms with E-state index < -0.39 is 15.9 Å². The van der Waals surface area contributed by atoms with Crippen molar-refractivity contribution >= 4 is 33.0 Å². The van der Waals surface area contributed by atoms with E-state index >= 15 is 0 Å². The quantitative estimate of drug-likeness (QED) is 0.873. The molecule has 1 aromatic carbocycles. The van der Waals surface area contributed by atoms with Crippen LogP contribution in [0.3, 0.4) is 0 Å². The van der Waals surface area contributed by atoms with E-state index in [9.17, 15) is 17.6 Å². The second-order valence-corrected chi connectivity index (χ2v) is 8.93. The van der Waals surface area contributed by atoms with Crippen molar-refractivity contribution in [1.82, 2.24) is 4.31 Å². The van der Waals surface area contributed by atoms with Gasteiger partial charge in [0.2, 0.25) is 10.0 Å². The van der Waals surface area contributed by atoms with E-state index in [0.717, 1.165) is 17.0 Å². The lowest BCUT2D eigenvalue weighted by Gasteiger charge is -2.35. The van der Waals surface area contributed by atoms with Gasteiger partial charge in [-0.2, -0.15) is 4.31 Å². The molecular formula is C16H18FN3O3S2. The summed E-state index contributed by atoms with van der Waals surface area (Å²) in [6.07, 6.45) is 0. The summed E-state index contributed by atoms with van der Waals surface area (Å²) >= 11 is 1.09. The Balaban J connectivity index is 1.75. The predicted octanol–water partition coefficient (Wildman–Crippen LogP) is 1.81. The van der Waals surface area contributed by atoms with Crippen LogP contribution in [0.25, 0.3) is 0 Å². The molecule has 1 amide bonds. The zero-order chi connectivity index (χ0) is 18.2. The van der Waals surface area contributed by atoms with Crippen molar-refractivity contribution in [2.45, 2.75) is 11.8 Å². The number of carbonyl (C=O) groups excluding carboxylic acids is 1. The highest BCUT2D eigenvalue weighted by atomic mass is 32.2. The first-order valence-corrected chi connectivity index (χ1v) is 9.95. The highest BCUT2D eigenvalue weighted by Crippen LogP contribution is 2.29. The number of hydrogen-bond donors (Lipinski definition) is 1. The predicted molar refractivity (Wildman–Crippen MR) is 94.9 cm³/mol. The highest BCUT2D eigenvalue weighted by Gasteiger charge is 2.31. The van der Waals surface area contributed by atoms with Crippen LogP contribution < -0.4 is 10.6 Å². The van der Waals surface area contributed by atoms with E-state index in [1.54, 1.807) is 19.1 Å². The largest absolute Gasteiger partial charge is 0.369 e. The maximum Gasteiger partial charge on any atom is 0.258 e. The number of benzene rings is 1. The third-order valence-electron chi connectivity index (χ3n) is 4.16. The molecule has 0 saturated carbocycles. The van der Waals surface area contributed by atoms with Crippen molar-refractivity contribution in [3.8, 4) is 0 Å². The molecule has 2 heterocycles. The first kappa shape index (κ1) is 17.8. The van der Waals surface area contributed by atoms with Gasteiger partial charge in [-0.15, -0.1) is 11.3 Å². The molecule has 0 aliphatic carbocycles. The number of sulfonamides is 1. The first-order valence-electron chi connectivity index (χ1n) is 7.70. The highest BCUT2D eigenvalue weighted by molar-refractivity contribution is 7.89. The molecule has 0 spiro atoms. The van der Waals surface area contributed by atoms with Gasteiger partial charge >= 0.3 is 0 Å². The topological polar surface area (TPSA) is 83.7 Å². The third kappa shape index (κ3) is 3.53.